The van der Waals surface area contributed by atoms with Crippen LogP contribution in [0.1, 0.15) is 18.4 Å². The van der Waals surface area contributed by atoms with Crippen molar-refractivity contribution in [3.8, 4) is 0 Å². The van der Waals surface area contributed by atoms with E-state index in [9.17, 15) is 14.4 Å². The number of anilines is 2. The highest BCUT2D eigenvalue weighted by Crippen LogP contribution is 2.30. The Hall–Kier alpha value is -2.12. The Morgan fingerprint density at radius 2 is 1.96 bits per heavy atom. The van der Waals surface area contributed by atoms with Crippen LogP contribution in [0.25, 0.3) is 0 Å². The Balaban J connectivity index is 1.51. The van der Waals surface area contributed by atoms with E-state index in [4.69, 9.17) is 0 Å². The fourth-order valence-corrected chi connectivity index (χ4v) is 4.28. The van der Waals surface area contributed by atoms with Crippen LogP contribution in [0.5, 0.6) is 0 Å². The predicted molar refractivity (Wildman–Crippen MR) is 112 cm³/mol. The number of carbonyl (C=O) groups is 3. The molecular formula is C20H19BrN2O3S. The van der Waals surface area contributed by atoms with E-state index in [0.717, 1.165) is 15.7 Å². The smallest absolute Gasteiger partial charge is 0.247 e. The van der Waals surface area contributed by atoms with Gasteiger partial charge in [0.1, 0.15) is 0 Å². The zero-order chi connectivity index (χ0) is 19.4. The molecule has 1 N–H and O–H groups in total. The number of hydrogen-bond donors (Lipinski definition) is 1. The molecule has 3 amide bonds. The van der Waals surface area contributed by atoms with Crippen LogP contribution in [0.3, 0.4) is 0 Å². The van der Waals surface area contributed by atoms with Crippen molar-refractivity contribution < 1.29 is 14.4 Å². The van der Waals surface area contributed by atoms with Crippen molar-refractivity contribution in [2.45, 2.75) is 25.0 Å². The second-order valence-electron chi connectivity index (χ2n) is 6.28. The molecule has 1 heterocycles. The second kappa shape index (κ2) is 8.71. The summed E-state index contributed by atoms with van der Waals surface area (Å²) < 4.78 is 0.890. The quantitative estimate of drug-likeness (QED) is 0.676. The predicted octanol–water partition coefficient (Wildman–Crippen LogP) is 4.15. The minimum Gasteiger partial charge on any atom is -0.326 e. The molecule has 2 aromatic carbocycles. The van der Waals surface area contributed by atoms with Gasteiger partial charge in [-0.2, -0.15) is 0 Å². The summed E-state index contributed by atoms with van der Waals surface area (Å²) in [5, 5.41) is 2.39. The first-order valence-corrected chi connectivity index (χ1v) is 10.4. The monoisotopic (exact) mass is 446 g/mol. The molecule has 0 radical (unpaired) electrons. The molecule has 3 rings (SSSR count). The van der Waals surface area contributed by atoms with Crippen LogP contribution < -0.4 is 10.2 Å². The Bertz CT molecular complexity index is 870. The number of carbonyl (C=O) groups excluding carboxylic acids is 3. The van der Waals surface area contributed by atoms with Gasteiger partial charge in [-0.05, 0) is 37.3 Å². The summed E-state index contributed by atoms with van der Waals surface area (Å²) in [7, 11) is 0. The maximum atomic E-state index is 12.6. The molecule has 27 heavy (non-hydrogen) atoms. The molecule has 0 bridgehead atoms. The number of benzene rings is 2. The summed E-state index contributed by atoms with van der Waals surface area (Å²) in [6, 6.07) is 14.7. The van der Waals surface area contributed by atoms with E-state index >= 15 is 0 Å². The number of nitrogens with one attached hydrogen (secondary N) is 1. The van der Waals surface area contributed by atoms with Gasteiger partial charge in [0.05, 0.1) is 10.9 Å². The number of thioether (sulfide) groups is 1. The first-order chi connectivity index (χ1) is 12.9. The van der Waals surface area contributed by atoms with E-state index in [1.54, 1.807) is 12.1 Å². The summed E-state index contributed by atoms with van der Waals surface area (Å²) in [4.78, 5) is 38.2. The Kier molecular flexibility index (Phi) is 6.34. The summed E-state index contributed by atoms with van der Waals surface area (Å²) in [5.74, 6) is -0.0420. The molecule has 0 spiro atoms. The normalized spacial score (nSPS) is 16.7. The largest absolute Gasteiger partial charge is 0.326 e. The molecule has 5 nitrogen and oxygen atoms in total. The van der Waals surface area contributed by atoms with Crippen LogP contribution in [-0.4, -0.2) is 28.7 Å². The maximum absolute atomic E-state index is 12.6. The minimum atomic E-state index is -0.433. The maximum Gasteiger partial charge on any atom is 0.247 e. The van der Waals surface area contributed by atoms with Gasteiger partial charge in [0.15, 0.2) is 0 Å². The molecule has 1 fully saturated rings. The van der Waals surface area contributed by atoms with Gasteiger partial charge in [0.2, 0.25) is 17.7 Å². The van der Waals surface area contributed by atoms with Gasteiger partial charge in [0.25, 0.3) is 0 Å². The van der Waals surface area contributed by atoms with Crippen molar-refractivity contribution in [1.82, 2.24) is 0 Å². The highest BCUT2D eigenvalue weighted by Gasteiger charge is 2.39. The standard InChI is InChI=1S/C20H19BrN2O3S/c1-13-5-7-16(8-6-13)23-19(25)12-17(20(23)26)27-10-9-18(24)22-15-4-2-3-14(21)11-15/h2-8,11,17H,9-10,12H2,1H3,(H,22,24)/t17-/m1/s1. The van der Waals surface area contributed by atoms with Crippen LogP contribution in [0.4, 0.5) is 11.4 Å². The Labute approximate surface area is 170 Å². The molecular weight excluding hydrogens is 428 g/mol. The van der Waals surface area contributed by atoms with Gasteiger partial charge in [-0.15, -0.1) is 11.8 Å². The molecule has 0 saturated carbocycles. The van der Waals surface area contributed by atoms with Crippen molar-refractivity contribution in [2.24, 2.45) is 0 Å². The number of halogens is 1. The number of aryl methyl sites for hydroxylation is 1. The van der Waals surface area contributed by atoms with Crippen molar-refractivity contribution in [3.05, 3.63) is 58.6 Å². The van der Waals surface area contributed by atoms with Gasteiger partial charge < -0.3 is 5.32 Å². The minimum absolute atomic E-state index is 0.118. The summed E-state index contributed by atoms with van der Waals surface area (Å²) in [5.41, 5.74) is 2.39. The molecule has 7 heteroatoms. The van der Waals surface area contributed by atoms with E-state index in [1.807, 2.05) is 43.3 Å². The Morgan fingerprint density at radius 1 is 1.22 bits per heavy atom. The summed E-state index contributed by atoms with van der Waals surface area (Å²) in [6.45, 7) is 1.95. The van der Waals surface area contributed by atoms with Gasteiger partial charge >= 0.3 is 0 Å². The molecule has 0 aliphatic carbocycles. The van der Waals surface area contributed by atoms with E-state index in [1.165, 1.54) is 16.7 Å². The summed E-state index contributed by atoms with van der Waals surface area (Å²) >= 11 is 4.72. The van der Waals surface area contributed by atoms with Crippen LogP contribution in [-0.2, 0) is 14.4 Å². The number of rotatable bonds is 6. The highest BCUT2D eigenvalue weighted by atomic mass is 79.9. The number of amides is 3. The lowest BCUT2D eigenvalue weighted by atomic mass is 10.2. The average Bonchev–Trinajstić information content (AvgIpc) is 2.90. The second-order valence-corrected chi connectivity index (χ2v) is 8.50. The fourth-order valence-electron chi connectivity index (χ4n) is 2.78. The zero-order valence-electron chi connectivity index (χ0n) is 14.8. The lowest BCUT2D eigenvalue weighted by Gasteiger charge is -2.15. The molecule has 1 saturated heterocycles. The van der Waals surface area contributed by atoms with Gasteiger partial charge in [0, 0.05) is 28.8 Å². The number of hydrogen-bond acceptors (Lipinski definition) is 4. The average molecular weight is 447 g/mol. The molecule has 1 aliphatic heterocycles. The van der Waals surface area contributed by atoms with Crippen LogP contribution in [0.2, 0.25) is 0 Å². The third-order valence-electron chi connectivity index (χ3n) is 4.15. The molecule has 0 unspecified atom stereocenters. The third-order valence-corrected chi connectivity index (χ3v) is 5.86. The van der Waals surface area contributed by atoms with Gasteiger partial charge in [-0.25, -0.2) is 4.90 Å². The lowest BCUT2D eigenvalue weighted by Crippen LogP contribution is -2.31. The van der Waals surface area contributed by atoms with Crippen LogP contribution >= 0.6 is 27.7 Å². The third kappa shape index (κ3) is 4.99. The molecule has 140 valence electrons. The van der Waals surface area contributed by atoms with Gasteiger partial charge in [-0.1, -0.05) is 39.7 Å². The Morgan fingerprint density at radius 3 is 2.67 bits per heavy atom. The van der Waals surface area contributed by atoms with Crippen molar-refractivity contribution in [1.29, 1.82) is 0 Å². The van der Waals surface area contributed by atoms with Crippen LogP contribution in [0.15, 0.2) is 53.0 Å². The molecule has 1 atom stereocenters. The van der Waals surface area contributed by atoms with Gasteiger partial charge in [-0.3, -0.25) is 14.4 Å². The number of nitrogens with zero attached hydrogens (tertiary/aromatic N) is 1. The van der Waals surface area contributed by atoms with Crippen LogP contribution in [0, 0.1) is 6.92 Å². The van der Waals surface area contributed by atoms with E-state index < -0.39 is 5.25 Å². The molecule has 1 aliphatic rings. The van der Waals surface area contributed by atoms with Crippen molar-refractivity contribution >= 4 is 56.8 Å². The van der Waals surface area contributed by atoms with E-state index in [-0.39, 0.29) is 30.6 Å². The molecule has 2 aromatic rings. The fraction of sp³-hybridized carbons (Fsp3) is 0.250. The molecule has 0 aromatic heterocycles. The highest BCUT2D eigenvalue weighted by molar-refractivity contribution is 9.10. The van der Waals surface area contributed by atoms with Crippen molar-refractivity contribution in [2.75, 3.05) is 16.0 Å². The summed E-state index contributed by atoms with van der Waals surface area (Å²) in [6.07, 6.45) is 0.449. The SMILES string of the molecule is Cc1ccc(N2C(=O)C[C@@H](SCCC(=O)Nc3cccc(Br)c3)C2=O)cc1. The zero-order valence-corrected chi connectivity index (χ0v) is 17.2. The first kappa shape index (κ1) is 19.6. The topological polar surface area (TPSA) is 66.5 Å². The van der Waals surface area contributed by atoms with Crippen molar-refractivity contribution in [3.63, 3.8) is 0 Å². The van der Waals surface area contributed by atoms with E-state index in [0.29, 0.717) is 11.4 Å². The lowest BCUT2D eigenvalue weighted by molar-refractivity contribution is -0.121. The first-order valence-electron chi connectivity index (χ1n) is 8.54. The van der Waals surface area contributed by atoms with E-state index in [2.05, 4.69) is 21.2 Å². The number of imide groups is 1.